The minimum atomic E-state index is -5.54. The van der Waals surface area contributed by atoms with Crippen molar-refractivity contribution in [2.75, 3.05) is 102 Å². The Balaban J connectivity index is 0.570. The zero-order valence-corrected chi connectivity index (χ0v) is 61.2. The number of nitrogens with one attached hydrogen (secondary N) is 4. The predicted molar refractivity (Wildman–Crippen MR) is 354 cm³/mol. The Morgan fingerprint density at radius 2 is 0.658 bits per heavy atom. The molecule has 608 valence electrons. The van der Waals surface area contributed by atoms with E-state index in [1.807, 2.05) is 0 Å². The number of aliphatic hydroxyl groups is 2. The van der Waals surface area contributed by atoms with Crippen LogP contribution in [0.5, 0.6) is 0 Å². The van der Waals surface area contributed by atoms with Gasteiger partial charge in [0.25, 0.3) is 22.2 Å². The average Bonchev–Trinajstić information content (AvgIpc) is 1.61. The molecule has 0 saturated carbocycles. The number of aromatic nitrogens is 16. The molecule has 22 atom stereocenters. The van der Waals surface area contributed by atoms with Crippen LogP contribution in [0.3, 0.4) is 0 Å². The van der Waals surface area contributed by atoms with Gasteiger partial charge in [-0.05, 0) is 0 Å². The lowest BCUT2D eigenvalue weighted by molar-refractivity contribution is -0.0665. The van der Waals surface area contributed by atoms with Crippen LogP contribution in [-0.4, -0.2) is 270 Å². The molecule has 6 fully saturated rings. The Morgan fingerprint density at radius 1 is 0.414 bits per heavy atom. The first-order valence-corrected chi connectivity index (χ1v) is 41.0. The number of hydrogen-bond acceptors (Lipinski definition) is 43. The van der Waals surface area contributed by atoms with E-state index in [0.717, 1.165) is 43.6 Å². The molecule has 6 saturated heterocycles. The summed E-state index contributed by atoms with van der Waals surface area (Å²) < 4.78 is 191. The van der Waals surface area contributed by atoms with Gasteiger partial charge in [-0.15, -0.1) is 0 Å². The lowest BCUT2D eigenvalue weighted by Crippen LogP contribution is -2.39. The number of aliphatic hydroxyl groups excluding tert-OH is 2. The zero-order chi connectivity index (χ0) is 79.0. The average molecular weight is 1700 g/mol. The number of nitrogen functional groups attached to an aromatic ring is 4. The summed E-state index contributed by atoms with van der Waals surface area (Å²) in [5, 5.41) is 22.9. The maximum Gasteiger partial charge on any atom is 0.472 e. The SMILES string of the molecule is Nc1nc2c(ncn2[C@@H]2O[C@@H]3COP(=O)(O)O[C@H]4[C@@H](OP(=O)(O)OCCOCCOCCOCCOP(=O)(O)O[C@@H]5[C@@H]6OP(=O)(O)OC[C@H]7O[C@@H](n8cnc9c(=O)[nH]c(N)nc98)[C@H](O)[C@@H]7OP(=O)(O)OC[C@H]6O[C@H]5n5cnc6c(=O)[nH]c(N)nc65)[C@H](n5cnc6c(=O)[nH]c(N)nc65)O[C@@H]4COP(=O)(O)O[C@H]3[C@H]2O)c(=O)[nH]1. The van der Waals surface area contributed by atoms with Crippen LogP contribution in [-0.2, 0) is 115 Å². The number of nitrogens with two attached hydrogens (primary N) is 4. The lowest BCUT2D eigenvalue weighted by atomic mass is 10.1. The Bertz CT molecular complexity index is 5050. The molecule has 20 N–H and O–H groups in total. The van der Waals surface area contributed by atoms with Crippen LogP contribution in [0.1, 0.15) is 24.9 Å². The van der Waals surface area contributed by atoms with Gasteiger partial charge in [0.15, 0.2) is 69.6 Å². The second-order valence-corrected chi connectivity index (χ2v) is 32.7. The summed E-state index contributed by atoms with van der Waals surface area (Å²) in [5.74, 6) is -1.66. The van der Waals surface area contributed by atoms with Gasteiger partial charge in [0.2, 0.25) is 23.8 Å². The molecular formula is C48H64N20O37P6. The maximum atomic E-state index is 13.9. The van der Waals surface area contributed by atoms with Crippen LogP contribution in [0.2, 0.25) is 0 Å². The van der Waals surface area contributed by atoms with Crippen molar-refractivity contribution in [1.29, 1.82) is 0 Å². The molecule has 63 heteroatoms. The Kier molecular flexibility index (Phi) is 22.9. The van der Waals surface area contributed by atoms with E-state index >= 15 is 0 Å². The summed E-state index contributed by atoms with van der Waals surface area (Å²) in [6, 6.07) is 0. The third kappa shape index (κ3) is 17.5. The van der Waals surface area contributed by atoms with Crippen LogP contribution >= 0.6 is 46.9 Å². The molecule has 0 bridgehead atoms. The topological polar surface area (TPSA) is 798 Å². The number of rotatable bonds is 22. The fourth-order valence-corrected chi connectivity index (χ4v) is 17.9. The smallest absolute Gasteiger partial charge is 0.386 e. The van der Waals surface area contributed by atoms with Crippen molar-refractivity contribution in [1.82, 2.24) is 78.1 Å². The Hall–Kier alpha value is -7.10. The fraction of sp³-hybridized carbons (Fsp3) is 0.583. The Labute approximate surface area is 613 Å². The third-order valence-corrected chi connectivity index (χ3v) is 22.9. The second kappa shape index (κ2) is 31.6. The second-order valence-electron chi connectivity index (χ2n) is 24.3. The van der Waals surface area contributed by atoms with Crippen LogP contribution in [0.25, 0.3) is 44.7 Å². The molecule has 6 aliphatic rings. The summed E-state index contributed by atoms with van der Waals surface area (Å²) in [5.41, 5.74) is 17.3. The molecule has 0 aromatic carbocycles. The van der Waals surface area contributed by atoms with Gasteiger partial charge in [0.05, 0.1) is 105 Å². The highest BCUT2D eigenvalue weighted by molar-refractivity contribution is 7.48. The molecule has 14 rings (SSSR count). The molecule has 57 nitrogen and oxygen atoms in total. The molecule has 0 amide bonds. The Morgan fingerprint density at radius 3 is 0.946 bits per heavy atom. The minimum absolute atomic E-state index is 0.157. The van der Waals surface area contributed by atoms with Crippen LogP contribution in [0.15, 0.2) is 44.5 Å². The summed E-state index contributed by atoms with van der Waals surface area (Å²) in [7, 11) is -32.8. The first-order chi connectivity index (χ1) is 52.5. The van der Waals surface area contributed by atoms with Gasteiger partial charge in [0.1, 0.15) is 73.2 Å². The monoisotopic (exact) mass is 1700 g/mol. The number of anilines is 4. The van der Waals surface area contributed by atoms with Crippen molar-refractivity contribution in [3.8, 4) is 0 Å². The van der Waals surface area contributed by atoms with Crippen molar-refractivity contribution < 1.29 is 154 Å². The third-order valence-electron chi connectivity index (χ3n) is 16.9. The van der Waals surface area contributed by atoms with E-state index in [-0.39, 0.29) is 83.0 Å². The van der Waals surface area contributed by atoms with Gasteiger partial charge in [-0.2, -0.15) is 19.9 Å². The van der Waals surface area contributed by atoms with Crippen molar-refractivity contribution in [2.45, 2.75) is 98.2 Å². The lowest BCUT2D eigenvalue weighted by Gasteiger charge is -2.29. The van der Waals surface area contributed by atoms with Gasteiger partial charge < -0.3 is 95.7 Å². The zero-order valence-electron chi connectivity index (χ0n) is 55.8. The predicted octanol–water partition coefficient (Wildman–Crippen LogP) is -4.75. The summed E-state index contributed by atoms with van der Waals surface area (Å²) >= 11 is 0. The summed E-state index contributed by atoms with van der Waals surface area (Å²) in [6.45, 7) is -7.48. The number of fused-ring (bicyclic) bond motifs is 8. The number of H-pyrrole nitrogens is 4. The number of ether oxygens (including phenoxy) is 7. The van der Waals surface area contributed by atoms with Crippen LogP contribution in [0, 0.1) is 0 Å². The molecule has 8 aromatic heterocycles. The molecule has 6 aliphatic heterocycles. The number of hydrogen-bond donors (Lipinski definition) is 16. The van der Waals surface area contributed by atoms with E-state index in [1.165, 1.54) is 0 Å². The highest BCUT2D eigenvalue weighted by Gasteiger charge is 2.59. The van der Waals surface area contributed by atoms with Gasteiger partial charge in [-0.25, -0.2) is 47.3 Å². The first-order valence-electron chi connectivity index (χ1n) is 32.0. The molecule has 0 radical (unpaired) electrons. The maximum absolute atomic E-state index is 13.9. The number of phosphoric ester groups is 6. The molecule has 0 spiro atoms. The number of aromatic amines is 4. The fourth-order valence-electron chi connectivity index (χ4n) is 12.3. The molecule has 0 aliphatic carbocycles. The van der Waals surface area contributed by atoms with Gasteiger partial charge in [-0.1, -0.05) is 0 Å². The van der Waals surface area contributed by atoms with Crippen LogP contribution < -0.4 is 45.2 Å². The van der Waals surface area contributed by atoms with Crippen molar-refractivity contribution in [2.24, 2.45) is 0 Å². The number of imidazole rings is 4. The van der Waals surface area contributed by atoms with E-state index in [4.69, 9.17) is 110 Å². The number of phosphoric acid groups is 6. The molecule has 111 heavy (non-hydrogen) atoms. The quantitative estimate of drug-likeness (QED) is 0.0224. The van der Waals surface area contributed by atoms with E-state index in [0.29, 0.717) is 0 Å². The summed E-state index contributed by atoms with van der Waals surface area (Å²) in [6.07, 6.45) is -26.7. The van der Waals surface area contributed by atoms with Crippen molar-refractivity contribution in [3.05, 3.63) is 66.7 Å². The van der Waals surface area contributed by atoms with Crippen LogP contribution in [0.4, 0.5) is 23.8 Å². The highest BCUT2D eigenvalue weighted by Crippen LogP contribution is 2.59. The van der Waals surface area contributed by atoms with E-state index in [1.54, 1.807) is 0 Å². The molecular weight excluding hydrogens is 1630 g/mol. The molecule has 8 aromatic rings. The van der Waals surface area contributed by atoms with E-state index < -0.39 is 232 Å². The van der Waals surface area contributed by atoms with Gasteiger partial charge in [0, 0.05) is 0 Å². The first kappa shape index (κ1) is 80.5. The van der Waals surface area contributed by atoms with E-state index in [2.05, 4.69) is 59.8 Å². The molecule has 14 heterocycles. The summed E-state index contributed by atoms with van der Waals surface area (Å²) in [4.78, 5) is 159. The molecule has 6 unspecified atom stereocenters. The van der Waals surface area contributed by atoms with Gasteiger partial charge in [-0.3, -0.25) is 112 Å². The largest absolute Gasteiger partial charge is 0.472 e. The normalized spacial score (nSPS) is 34.2. The van der Waals surface area contributed by atoms with Gasteiger partial charge >= 0.3 is 46.9 Å². The van der Waals surface area contributed by atoms with Crippen molar-refractivity contribution >= 4 is 115 Å². The van der Waals surface area contributed by atoms with Crippen molar-refractivity contribution in [3.63, 3.8) is 0 Å². The highest BCUT2D eigenvalue weighted by atomic mass is 31.2. The standard InChI is InChI=1S/C48H64N20O37P6/c49-45-57-33-21(37(71)61-45)53-13-65(33)41-25(69)27-17(96-41)9-92-110(83,84)102-29-19(11-94-108(79,80)100-27)98-43(67-15-55-23-35(67)59-47(51)63-39(23)73)31(29)104-106(75,76)90-7-5-88-3-1-87-2-4-89-6-8-91-107(77,78)105-32-30-20(99-44(32)68-16-56-24-36(68)60-48(52)64-40(24)74)12-95-109(81,82)101-28-18(10-93-111(85,86)103-30)97-42(26(28)70)66-14-54-22-34(66)58-46(50)62-38(22)72/h13-20,25-32,41-44,69-70H,1-12H2,(H,75,76)(H,77,78)(H,79,80)(H,81,82)(H,83,84)(H,85,86)(H3,49,57,61,71)(H3,50,58,62,72)(H3,51,59,63,73)(H3,52,60,64,74)/t17-,18-,19-,20-,25-,26-,27-,28-,29-,30-,31-,32-,41-,42-,43-,44-/m1/s1. The minimum Gasteiger partial charge on any atom is -0.386 e. The number of nitrogens with zero attached hydrogens (tertiary/aromatic N) is 12. The van der Waals surface area contributed by atoms with E-state index in [9.17, 15) is 86.1 Å².